The van der Waals surface area contributed by atoms with Crippen molar-refractivity contribution < 1.29 is 57.5 Å². The first-order valence-corrected chi connectivity index (χ1v) is 33.0. The van der Waals surface area contributed by atoms with E-state index in [-0.39, 0.29) is 10.3 Å². The largest absolute Gasteiger partial charge is 0.508 e. The van der Waals surface area contributed by atoms with Crippen molar-refractivity contribution >= 4 is 86.9 Å². The van der Waals surface area contributed by atoms with E-state index in [1.807, 2.05) is 90.0 Å². The average molecular weight is 940 g/mol. The van der Waals surface area contributed by atoms with Crippen molar-refractivity contribution in [1.29, 1.82) is 0 Å². The van der Waals surface area contributed by atoms with E-state index in [0.29, 0.717) is 92.1 Å². The Labute approximate surface area is 353 Å². The fourth-order valence-corrected chi connectivity index (χ4v) is 29.4. The summed E-state index contributed by atoms with van der Waals surface area (Å²) in [6, 6.07) is 0. The van der Waals surface area contributed by atoms with Crippen molar-refractivity contribution in [2.24, 2.45) is 0 Å². The van der Waals surface area contributed by atoms with Gasteiger partial charge in [0.25, 0.3) is 0 Å². The van der Waals surface area contributed by atoms with E-state index in [0.717, 1.165) is 28.6 Å². The normalized spacial score (nSPS) is 12.9. The molecule has 0 atom stereocenters. The van der Waals surface area contributed by atoms with Gasteiger partial charge in [0.15, 0.2) is 0 Å². The number of hydrogen-bond acceptors (Lipinski definition) is 17. The molecule has 328 valence electrons. The molecule has 0 aliphatic rings. The van der Waals surface area contributed by atoms with Gasteiger partial charge in [-0.2, -0.15) is 0 Å². The highest BCUT2D eigenvalue weighted by molar-refractivity contribution is 9.26. The Hall–Kier alpha value is 1.96. The number of rotatable bonds is 38. The first-order chi connectivity index (χ1) is 26.1. The molecule has 0 unspecified atom stereocenters. The zero-order valence-electron chi connectivity index (χ0n) is 36.1. The summed E-state index contributed by atoms with van der Waals surface area (Å²) < 4.78 is 81.7. The van der Waals surface area contributed by atoms with Gasteiger partial charge in [-0.15, -0.1) is 0 Å². The standard InChI is InChI=1S/C30H70O12S4Si4.C2H8OSi/c1-13-31-47(32-14-2,33-15-3)29(48(34-16-4,35-17-5)36-18-6)25-27-43-45-46-44-28-26-30(49(37-19-7,38-20-8)39-21-9)50(40-22-10,41-23-11)42-24-12;1-2-3-4/h29-30H,13-28H2,1-12H3;2H2,1,4H3. The molecule has 0 amide bonds. The van der Waals surface area contributed by atoms with Crippen LogP contribution in [-0.2, 0) is 57.5 Å². The van der Waals surface area contributed by atoms with Gasteiger partial charge in [-0.3, -0.25) is 0 Å². The minimum absolute atomic E-state index is 0.260. The number of hydrogen-bond donors (Lipinski definition) is 0. The molecule has 0 saturated heterocycles. The summed E-state index contributed by atoms with van der Waals surface area (Å²) in [4.78, 5) is 0. The van der Waals surface area contributed by atoms with Crippen molar-refractivity contribution in [3.8, 4) is 0 Å². The van der Waals surface area contributed by atoms with Crippen molar-refractivity contribution in [2.75, 3.05) is 97.4 Å². The molecule has 0 spiro atoms. The molecule has 0 radical (unpaired) electrons. The van der Waals surface area contributed by atoms with Crippen molar-refractivity contribution in [3.63, 3.8) is 0 Å². The highest BCUT2D eigenvalue weighted by Gasteiger charge is 2.66. The van der Waals surface area contributed by atoms with Gasteiger partial charge in [0.2, 0.25) is 0 Å². The van der Waals surface area contributed by atoms with Crippen molar-refractivity contribution in [1.82, 2.24) is 0 Å². The van der Waals surface area contributed by atoms with Crippen LogP contribution in [0.5, 0.6) is 0 Å². The molecule has 0 fully saturated rings. The first kappa shape index (κ1) is 58.1. The molecule has 0 heterocycles. The molecule has 0 rings (SSSR count). The smallest absolute Gasteiger partial charge is 0.428 e. The third kappa shape index (κ3) is 20.5. The molecule has 54 heavy (non-hydrogen) atoms. The van der Waals surface area contributed by atoms with Crippen LogP contribution >= 0.6 is 41.2 Å². The van der Waals surface area contributed by atoms with Crippen LogP contribution in [-0.4, -0.2) is 143 Å². The minimum atomic E-state index is -3.25. The summed E-state index contributed by atoms with van der Waals surface area (Å²) >= 11 is 0. The zero-order chi connectivity index (χ0) is 41.2. The fraction of sp³-hybridized carbons (Fsp3) is 1.00. The van der Waals surface area contributed by atoms with E-state index in [1.165, 1.54) is 0 Å². The first-order valence-electron chi connectivity index (χ1n) is 19.9. The van der Waals surface area contributed by atoms with Gasteiger partial charge in [-0.25, -0.2) is 0 Å². The molecule has 0 aromatic rings. The molecule has 0 aromatic carbocycles. The molecule has 0 saturated carbocycles. The molecule has 0 aromatic heterocycles. The van der Waals surface area contributed by atoms with Gasteiger partial charge in [0.05, 0.1) is 0 Å². The van der Waals surface area contributed by atoms with Gasteiger partial charge in [-0.1, -0.05) is 21.6 Å². The lowest BCUT2D eigenvalue weighted by molar-refractivity contribution is 0.0306. The third-order valence-electron chi connectivity index (χ3n) is 7.25. The third-order valence-corrected chi connectivity index (χ3v) is 31.5. The SMILES string of the molecule is CCO[SiH3].CCO[Si](OCC)(OCC)C(CCSSSSCCC([Si](OCC)(OCC)OCC)[Si](OCC)(OCC)OCC)[Si](OCC)(OCC)OCC. The molecular weight excluding hydrogens is 861 g/mol. The Kier molecular flexibility index (Phi) is 39.5. The van der Waals surface area contributed by atoms with Crippen molar-refractivity contribution in [2.45, 2.75) is 113 Å². The lowest BCUT2D eigenvalue weighted by Gasteiger charge is -2.42. The topological polar surface area (TPSA) is 120 Å². The predicted molar refractivity (Wildman–Crippen MR) is 241 cm³/mol. The highest BCUT2D eigenvalue weighted by Crippen LogP contribution is 2.48. The summed E-state index contributed by atoms with van der Waals surface area (Å²) in [5.74, 6) is 1.61. The second-order valence-corrected chi connectivity index (χ2v) is 29.7. The Morgan fingerprint density at radius 3 is 0.630 bits per heavy atom. The molecular formula is C32H78O13S4Si5. The Morgan fingerprint density at radius 1 is 0.333 bits per heavy atom. The second kappa shape index (κ2) is 36.8. The van der Waals surface area contributed by atoms with E-state index in [2.05, 4.69) is 4.43 Å². The van der Waals surface area contributed by atoms with Crippen LogP contribution in [0.4, 0.5) is 0 Å². The molecule has 0 N–H and O–H groups in total. The molecule has 22 heteroatoms. The fourth-order valence-electron chi connectivity index (χ4n) is 5.70. The predicted octanol–water partition coefficient (Wildman–Crippen LogP) is 7.76. The van der Waals surface area contributed by atoms with E-state index < -0.39 is 35.2 Å². The molecule has 0 aliphatic heterocycles. The summed E-state index contributed by atoms with van der Waals surface area (Å²) in [5, 5.41) is -0.521. The summed E-state index contributed by atoms with van der Waals surface area (Å²) in [5.41, 5.74) is 0. The van der Waals surface area contributed by atoms with Crippen LogP contribution in [0.25, 0.3) is 0 Å². The van der Waals surface area contributed by atoms with E-state index in [4.69, 9.17) is 53.1 Å². The van der Waals surface area contributed by atoms with Crippen LogP contribution in [0.15, 0.2) is 0 Å². The van der Waals surface area contributed by atoms with Crippen LogP contribution in [0.2, 0.25) is 10.3 Å². The van der Waals surface area contributed by atoms with E-state index >= 15 is 0 Å². The summed E-state index contributed by atoms with van der Waals surface area (Å²) in [7, 11) is -5.08. The monoisotopic (exact) mass is 938 g/mol. The Balaban J connectivity index is 0. The maximum Gasteiger partial charge on any atom is 0.508 e. The maximum atomic E-state index is 6.42. The Bertz CT molecular complexity index is 659. The molecule has 13 nitrogen and oxygen atoms in total. The van der Waals surface area contributed by atoms with Gasteiger partial charge < -0.3 is 57.5 Å². The Morgan fingerprint density at radius 2 is 0.500 bits per heavy atom. The van der Waals surface area contributed by atoms with E-state index in [9.17, 15) is 0 Å². The van der Waals surface area contributed by atoms with E-state index in [1.54, 1.807) is 41.2 Å². The van der Waals surface area contributed by atoms with Crippen LogP contribution in [0, 0.1) is 0 Å². The van der Waals surface area contributed by atoms with Gasteiger partial charge in [0, 0.05) is 97.4 Å². The lowest BCUT2D eigenvalue weighted by atomic mass is 10.6. The second-order valence-electron chi connectivity index (χ2n) is 10.7. The summed E-state index contributed by atoms with van der Waals surface area (Å²) in [6.07, 6.45) is 1.42. The minimum Gasteiger partial charge on any atom is -0.428 e. The zero-order valence-corrected chi connectivity index (χ0v) is 45.4. The van der Waals surface area contributed by atoms with Crippen molar-refractivity contribution in [3.05, 3.63) is 0 Å². The molecule has 0 aliphatic carbocycles. The average Bonchev–Trinajstić information content (AvgIpc) is 3.13. The highest BCUT2D eigenvalue weighted by atomic mass is 33.7. The molecule has 0 bridgehead atoms. The quantitative estimate of drug-likeness (QED) is 0.0341. The van der Waals surface area contributed by atoms with Crippen LogP contribution in [0.3, 0.4) is 0 Å². The van der Waals surface area contributed by atoms with Crippen LogP contribution in [0.1, 0.15) is 103 Å². The maximum absolute atomic E-state index is 6.42. The van der Waals surface area contributed by atoms with Crippen LogP contribution < -0.4 is 0 Å². The lowest BCUT2D eigenvalue weighted by Crippen LogP contribution is -2.64. The summed E-state index contributed by atoms with van der Waals surface area (Å²) in [6.45, 7) is 32.1. The van der Waals surface area contributed by atoms with Gasteiger partial charge in [-0.05, 0) is 123 Å². The van der Waals surface area contributed by atoms with Gasteiger partial charge in [0.1, 0.15) is 20.8 Å². The van der Waals surface area contributed by atoms with Gasteiger partial charge >= 0.3 is 35.2 Å².